The summed E-state index contributed by atoms with van der Waals surface area (Å²) < 4.78 is 37.0. The summed E-state index contributed by atoms with van der Waals surface area (Å²) in [5.41, 5.74) is 0.183. The molecule has 0 aliphatic rings. The normalized spacial score (nSPS) is 14.1. The lowest BCUT2D eigenvalue weighted by Gasteiger charge is -2.07. The van der Waals surface area contributed by atoms with Gasteiger partial charge < -0.3 is 5.32 Å². The van der Waals surface area contributed by atoms with Crippen molar-refractivity contribution in [1.82, 2.24) is 5.32 Å². The van der Waals surface area contributed by atoms with E-state index in [9.17, 15) is 13.2 Å². The molecule has 0 aliphatic heterocycles. The Labute approximate surface area is 106 Å². The topological polar surface area (TPSA) is 12.0 Å². The fourth-order valence-electron chi connectivity index (χ4n) is 1.53. The first-order valence-electron chi connectivity index (χ1n) is 5.93. The summed E-state index contributed by atoms with van der Waals surface area (Å²) in [5.74, 6) is 0.403. The summed E-state index contributed by atoms with van der Waals surface area (Å²) in [6.45, 7) is 3.01. The number of alkyl halides is 3. The van der Waals surface area contributed by atoms with Gasteiger partial charge in [0.2, 0.25) is 0 Å². The number of hydrogen-bond acceptors (Lipinski definition) is 1. The third-order valence-corrected chi connectivity index (χ3v) is 2.70. The molecule has 1 N–H and O–H groups in total. The van der Waals surface area contributed by atoms with Crippen molar-refractivity contribution in [3.8, 4) is 0 Å². The van der Waals surface area contributed by atoms with Crippen LogP contribution in [0.15, 0.2) is 30.3 Å². The van der Waals surface area contributed by atoms with Crippen molar-refractivity contribution in [2.45, 2.75) is 19.5 Å². The van der Waals surface area contributed by atoms with Crippen LogP contribution in [0.1, 0.15) is 24.5 Å². The van der Waals surface area contributed by atoms with Gasteiger partial charge in [0.25, 0.3) is 0 Å². The van der Waals surface area contributed by atoms with E-state index in [-0.39, 0.29) is 0 Å². The maximum atomic E-state index is 12.3. The third-order valence-electron chi connectivity index (χ3n) is 2.70. The van der Waals surface area contributed by atoms with Gasteiger partial charge in [-0.25, -0.2) is 0 Å². The smallest absolute Gasteiger partial charge is 0.320 e. The Morgan fingerprint density at radius 1 is 1.22 bits per heavy atom. The summed E-state index contributed by atoms with van der Waals surface area (Å²) in [6.07, 6.45) is 0.621. The van der Waals surface area contributed by atoms with E-state index in [1.165, 1.54) is 12.1 Å². The standard InChI is InChI=1S/C14H18F3N/c1-11(9-10-18-2)3-4-12-5-7-13(8-6-12)14(15,16)17/h3-8,11,18H,9-10H2,1-2H3/b4-3+. The predicted octanol–water partition coefficient (Wildman–Crippen LogP) is 3.96. The molecule has 0 amide bonds. The fraction of sp³-hybridized carbons (Fsp3) is 0.429. The lowest BCUT2D eigenvalue weighted by atomic mass is 10.0. The Morgan fingerprint density at radius 2 is 1.83 bits per heavy atom. The second-order valence-corrected chi connectivity index (χ2v) is 4.35. The quantitative estimate of drug-likeness (QED) is 0.841. The first-order valence-corrected chi connectivity index (χ1v) is 5.93. The second-order valence-electron chi connectivity index (χ2n) is 4.35. The molecule has 1 nitrogen and oxygen atoms in total. The first kappa shape index (κ1) is 14.8. The summed E-state index contributed by atoms with van der Waals surface area (Å²) in [5, 5.41) is 3.06. The van der Waals surface area contributed by atoms with Crippen LogP contribution in [0.25, 0.3) is 6.08 Å². The Morgan fingerprint density at radius 3 is 2.33 bits per heavy atom. The molecule has 0 saturated carbocycles. The highest BCUT2D eigenvalue weighted by Gasteiger charge is 2.29. The minimum absolute atomic E-state index is 0.403. The van der Waals surface area contributed by atoms with Gasteiger partial charge in [0.05, 0.1) is 5.56 Å². The van der Waals surface area contributed by atoms with Crippen molar-refractivity contribution in [3.05, 3.63) is 41.5 Å². The molecule has 1 aromatic carbocycles. The van der Waals surface area contributed by atoms with E-state index < -0.39 is 11.7 Å². The van der Waals surface area contributed by atoms with Gasteiger partial charge in [0, 0.05) is 0 Å². The van der Waals surface area contributed by atoms with Crippen molar-refractivity contribution in [3.63, 3.8) is 0 Å². The molecule has 0 fully saturated rings. The van der Waals surface area contributed by atoms with Crippen LogP contribution in [0.5, 0.6) is 0 Å². The van der Waals surface area contributed by atoms with Crippen LogP contribution in [0.4, 0.5) is 13.2 Å². The molecule has 1 rings (SSSR count). The zero-order chi connectivity index (χ0) is 13.6. The minimum atomic E-state index is -4.26. The summed E-state index contributed by atoms with van der Waals surface area (Å²) in [7, 11) is 1.90. The van der Waals surface area contributed by atoms with E-state index in [2.05, 4.69) is 12.2 Å². The molecule has 1 unspecified atom stereocenters. The number of benzene rings is 1. The number of nitrogens with one attached hydrogen (secondary N) is 1. The Balaban J connectivity index is 2.61. The summed E-state index contributed by atoms with van der Waals surface area (Å²) >= 11 is 0. The molecule has 0 bridgehead atoms. The molecule has 1 atom stereocenters. The lowest BCUT2D eigenvalue weighted by molar-refractivity contribution is -0.137. The molecule has 0 heterocycles. The average molecular weight is 257 g/mol. The molecule has 0 radical (unpaired) electrons. The minimum Gasteiger partial charge on any atom is -0.320 e. The predicted molar refractivity (Wildman–Crippen MR) is 68.2 cm³/mol. The maximum absolute atomic E-state index is 12.3. The summed E-state index contributed by atoms with van der Waals surface area (Å²) in [6, 6.07) is 5.20. The molecule has 100 valence electrons. The van der Waals surface area contributed by atoms with Gasteiger partial charge >= 0.3 is 6.18 Å². The second kappa shape index (κ2) is 6.59. The maximum Gasteiger partial charge on any atom is 0.416 e. The van der Waals surface area contributed by atoms with E-state index in [1.54, 1.807) is 0 Å². The summed E-state index contributed by atoms with van der Waals surface area (Å²) in [4.78, 5) is 0. The van der Waals surface area contributed by atoms with Gasteiger partial charge in [-0.05, 0) is 43.6 Å². The molecule has 0 saturated heterocycles. The first-order chi connectivity index (χ1) is 8.43. The zero-order valence-corrected chi connectivity index (χ0v) is 10.6. The van der Waals surface area contributed by atoms with Gasteiger partial charge in [-0.15, -0.1) is 0 Å². The average Bonchev–Trinajstić information content (AvgIpc) is 2.33. The van der Waals surface area contributed by atoms with Crippen LogP contribution in [-0.4, -0.2) is 13.6 Å². The Hall–Kier alpha value is -1.29. The largest absolute Gasteiger partial charge is 0.416 e. The molecule has 4 heteroatoms. The van der Waals surface area contributed by atoms with E-state index in [4.69, 9.17) is 0 Å². The molecule has 0 aromatic heterocycles. The third kappa shape index (κ3) is 4.92. The molecule has 1 aromatic rings. The fourth-order valence-corrected chi connectivity index (χ4v) is 1.53. The van der Waals surface area contributed by atoms with E-state index in [0.29, 0.717) is 5.92 Å². The van der Waals surface area contributed by atoms with Crippen LogP contribution < -0.4 is 5.32 Å². The Bertz CT molecular complexity index is 379. The highest BCUT2D eigenvalue weighted by atomic mass is 19.4. The molecule has 0 aliphatic carbocycles. The van der Waals surface area contributed by atoms with Crippen molar-refractivity contribution in [2.75, 3.05) is 13.6 Å². The number of rotatable bonds is 5. The highest BCUT2D eigenvalue weighted by molar-refractivity contribution is 5.50. The van der Waals surface area contributed by atoms with Crippen molar-refractivity contribution in [2.24, 2.45) is 5.92 Å². The number of halogens is 3. The van der Waals surface area contributed by atoms with Crippen LogP contribution in [0.2, 0.25) is 0 Å². The van der Waals surface area contributed by atoms with Crippen LogP contribution in [-0.2, 0) is 6.18 Å². The Kier molecular flexibility index (Phi) is 5.41. The molecular formula is C14H18F3N. The van der Waals surface area contributed by atoms with Crippen molar-refractivity contribution < 1.29 is 13.2 Å². The van der Waals surface area contributed by atoms with Crippen LogP contribution in [0.3, 0.4) is 0 Å². The molecular weight excluding hydrogens is 239 g/mol. The monoisotopic (exact) mass is 257 g/mol. The van der Waals surface area contributed by atoms with Crippen molar-refractivity contribution >= 4 is 6.08 Å². The van der Waals surface area contributed by atoms with E-state index in [0.717, 1.165) is 30.7 Å². The van der Waals surface area contributed by atoms with Crippen molar-refractivity contribution in [1.29, 1.82) is 0 Å². The number of hydrogen-bond donors (Lipinski definition) is 1. The molecule has 18 heavy (non-hydrogen) atoms. The SMILES string of the molecule is CNCCC(C)/C=C/c1ccc(C(F)(F)F)cc1. The highest BCUT2D eigenvalue weighted by Crippen LogP contribution is 2.29. The lowest BCUT2D eigenvalue weighted by Crippen LogP contribution is -2.10. The van der Waals surface area contributed by atoms with Gasteiger partial charge in [0.1, 0.15) is 0 Å². The van der Waals surface area contributed by atoms with Crippen LogP contribution in [0, 0.1) is 5.92 Å². The van der Waals surface area contributed by atoms with E-state index in [1.807, 2.05) is 19.2 Å². The van der Waals surface area contributed by atoms with Gasteiger partial charge in [-0.1, -0.05) is 31.2 Å². The molecule has 0 spiro atoms. The van der Waals surface area contributed by atoms with Gasteiger partial charge in [-0.3, -0.25) is 0 Å². The van der Waals surface area contributed by atoms with E-state index >= 15 is 0 Å². The van der Waals surface area contributed by atoms with Crippen LogP contribution >= 0.6 is 0 Å². The zero-order valence-electron chi connectivity index (χ0n) is 10.6. The van der Waals surface area contributed by atoms with Gasteiger partial charge in [-0.2, -0.15) is 13.2 Å². The number of allylic oxidation sites excluding steroid dienone is 1. The van der Waals surface area contributed by atoms with Gasteiger partial charge in [0.15, 0.2) is 0 Å².